The first kappa shape index (κ1) is 25.2. The predicted molar refractivity (Wildman–Crippen MR) is 129 cm³/mol. The third-order valence-electron chi connectivity index (χ3n) is 6.89. The summed E-state index contributed by atoms with van der Waals surface area (Å²) < 4.78 is 53.7. The summed E-state index contributed by atoms with van der Waals surface area (Å²) in [4.78, 5) is 19.3. The van der Waals surface area contributed by atoms with Crippen LogP contribution in [-0.2, 0) is 6.42 Å². The number of carbonyl (C=O) groups is 1. The zero-order valence-corrected chi connectivity index (χ0v) is 20.0. The summed E-state index contributed by atoms with van der Waals surface area (Å²) >= 11 is 0. The van der Waals surface area contributed by atoms with Crippen molar-refractivity contribution >= 4 is 16.8 Å². The summed E-state index contributed by atoms with van der Waals surface area (Å²) in [5.41, 5.74) is 1.59. The van der Waals surface area contributed by atoms with Crippen molar-refractivity contribution in [3.8, 4) is 0 Å². The van der Waals surface area contributed by atoms with Crippen LogP contribution in [0.25, 0.3) is 10.9 Å². The number of fused-ring (bicyclic) bond motifs is 1. The van der Waals surface area contributed by atoms with Crippen molar-refractivity contribution in [1.29, 1.82) is 0 Å². The maximum absolute atomic E-state index is 13.6. The molecular weight excluding hydrogens is 458 g/mol. The molecule has 1 amide bonds. The number of carbonyl (C=O) groups excluding carboxylic acids is 1. The Hall–Kier alpha value is -2.87. The zero-order valence-electron chi connectivity index (χ0n) is 20.0. The van der Waals surface area contributed by atoms with Crippen LogP contribution in [0.3, 0.4) is 0 Å². The van der Waals surface area contributed by atoms with Gasteiger partial charge < -0.3 is 9.88 Å². The summed E-state index contributed by atoms with van der Waals surface area (Å²) in [6.45, 7) is 4.43. The van der Waals surface area contributed by atoms with Crippen molar-refractivity contribution in [2.45, 2.75) is 44.8 Å². The number of nitrogens with zero attached hydrogens (tertiary/aromatic N) is 2. The van der Waals surface area contributed by atoms with E-state index < -0.39 is 18.6 Å². The smallest absolute Gasteiger partial charge is 0.351 e. The molecule has 0 radical (unpaired) electrons. The molecule has 4 rings (SSSR count). The van der Waals surface area contributed by atoms with E-state index in [4.69, 9.17) is 0 Å². The average Bonchev–Trinajstić information content (AvgIpc) is 3.22. The van der Waals surface area contributed by atoms with Gasteiger partial charge in [-0.2, -0.15) is 13.2 Å². The molecule has 2 aromatic carbocycles. The van der Waals surface area contributed by atoms with Crippen molar-refractivity contribution in [3.05, 3.63) is 71.7 Å². The van der Waals surface area contributed by atoms with E-state index in [-0.39, 0.29) is 29.5 Å². The lowest BCUT2D eigenvalue weighted by molar-refractivity contribution is -0.142. The van der Waals surface area contributed by atoms with Gasteiger partial charge in [0.1, 0.15) is 18.1 Å². The van der Waals surface area contributed by atoms with E-state index in [0.29, 0.717) is 32.4 Å². The van der Waals surface area contributed by atoms with Gasteiger partial charge in [0, 0.05) is 23.0 Å². The molecule has 0 bridgehead atoms. The Morgan fingerprint density at radius 1 is 1.06 bits per heavy atom. The Kier molecular flexibility index (Phi) is 7.22. The van der Waals surface area contributed by atoms with Gasteiger partial charge >= 0.3 is 6.18 Å². The first-order valence-corrected chi connectivity index (χ1v) is 11.9. The summed E-state index contributed by atoms with van der Waals surface area (Å²) in [7, 11) is 0. The minimum atomic E-state index is -4.48. The molecule has 1 aliphatic heterocycles. The monoisotopic (exact) mass is 489 g/mol. The Labute approximate surface area is 202 Å². The Bertz CT molecular complexity index is 1130. The molecule has 188 valence electrons. The number of piperidine rings is 1. The number of amides is 1. The predicted octanol–water partition coefficient (Wildman–Crippen LogP) is 6.04. The van der Waals surface area contributed by atoms with E-state index >= 15 is 0 Å². The number of alkyl halides is 3. The number of aromatic amines is 1. The molecule has 1 saturated heterocycles. The lowest BCUT2D eigenvalue weighted by Crippen LogP contribution is -2.51. The molecule has 0 saturated carbocycles. The van der Waals surface area contributed by atoms with E-state index in [1.807, 2.05) is 24.3 Å². The molecule has 0 unspecified atom stereocenters. The normalized spacial score (nSPS) is 16.1. The van der Waals surface area contributed by atoms with Crippen LogP contribution < -0.4 is 0 Å². The van der Waals surface area contributed by atoms with Crippen molar-refractivity contribution in [1.82, 2.24) is 14.8 Å². The molecule has 0 spiro atoms. The number of nitrogens with one attached hydrogen (secondary N) is 1. The molecule has 0 aliphatic carbocycles. The van der Waals surface area contributed by atoms with E-state index in [0.717, 1.165) is 21.4 Å². The molecule has 8 heteroatoms. The number of aromatic nitrogens is 1. The number of halogens is 4. The molecule has 3 aromatic rings. The van der Waals surface area contributed by atoms with E-state index in [2.05, 4.69) is 23.7 Å². The molecule has 1 N–H and O–H groups in total. The zero-order chi connectivity index (χ0) is 25.2. The van der Waals surface area contributed by atoms with Crippen molar-refractivity contribution < 1.29 is 22.4 Å². The number of hydrogen-bond acceptors (Lipinski definition) is 2. The molecule has 4 nitrogen and oxygen atoms in total. The minimum Gasteiger partial charge on any atom is -0.351 e. The molecule has 0 atom stereocenters. The number of hydrogen-bond donors (Lipinski definition) is 1. The Morgan fingerprint density at radius 3 is 2.43 bits per heavy atom. The summed E-state index contributed by atoms with van der Waals surface area (Å²) in [6, 6.07) is 15.4. The topological polar surface area (TPSA) is 39.3 Å². The van der Waals surface area contributed by atoms with Gasteiger partial charge in [-0.05, 0) is 81.9 Å². The fourth-order valence-electron chi connectivity index (χ4n) is 5.09. The van der Waals surface area contributed by atoms with Crippen molar-refractivity contribution in [2.24, 2.45) is 5.92 Å². The largest absolute Gasteiger partial charge is 0.406 e. The van der Waals surface area contributed by atoms with Gasteiger partial charge in [0.05, 0.1) is 0 Å². The Morgan fingerprint density at radius 2 is 1.77 bits per heavy atom. The number of likely N-dealkylation sites (tertiary alicyclic amines) is 1. The van der Waals surface area contributed by atoms with Gasteiger partial charge in [-0.3, -0.25) is 9.69 Å². The number of benzene rings is 2. The van der Waals surface area contributed by atoms with E-state index in [1.54, 1.807) is 24.3 Å². The maximum Gasteiger partial charge on any atom is 0.406 e. The maximum atomic E-state index is 13.6. The SMILES string of the molecule is CC(C)(Cc1cccc(F)c1)N1CCC(CN(CC(F)(F)F)C(=O)c2cc3ccccc3[nH]2)CC1. The highest BCUT2D eigenvalue weighted by Gasteiger charge is 2.37. The summed E-state index contributed by atoms with van der Waals surface area (Å²) in [5.74, 6) is -0.916. The van der Waals surface area contributed by atoms with Gasteiger partial charge in [-0.1, -0.05) is 30.3 Å². The van der Waals surface area contributed by atoms with Crippen LogP contribution in [0.4, 0.5) is 17.6 Å². The van der Waals surface area contributed by atoms with E-state index in [1.165, 1.54) is 6.07 Å². The number of rotatable bonds is 7. The Balaban J connectivity index is 1.41. The lowest BCUT2D eigenvalue weighted by Gasteiger charge is -2.44. The standard InChI is InChI=1S/C27H31F4N3O/c1-26(2,16-20-6-5-8-22(28)14-20)34-12-10-19(11-13-34)17-33(18-27(29,30)31)25(35)24-15-21-7-3-4-9-23(21)32-24/h3-9,14-15,19,32H,10-13,16-18H2,1-2H3. The minimum absolute atomic E-state index is 0.0214. The first-order chi connectivity index (χ1) is 16.5. The second-order valence-corrected chi connectivity index (χ2v) is 10.1. The highest BCUT2D eigenvalue weighted by Crippen LogP contribution is 2.29. The van der Waals surface area contributed by atoms with Crippen LogP contribution in [0.2, 0.25) is 0 Å². The van der Waals surface area contributed by atoms with Gasteiger partial charge in [0.15, 0.2) is 0 Å². The fourth-order valence-corrected chi connectivity index (χ4v) is 5.09. The van der Waals surface area contributed by atoms with Gasteiger partial charge in [-0.25, -0.2) is 4.39 Å². The molecule has 1 aliphatic rings. The van der Waals surface area contributed by atoms with Gasteiger partial charge in [0.2, 0.25) is 0 Å². The van der Waals surface area contributed by atoms with Crippen LogP contribution >= 0.6 is 0 Å². The highest BCUT2D eigenvalue weighted by atomic mass is 19.4. The third kappa shape index (κ3) is 6.42. The fraction of sp³-hybridized carbons (Fsp3) is 0.444. The second kappa shape index (κ2) is 10.0. The quantitative estimate of drug-likeness (QED) is 0.411. The molecule has 1 aromatic heterocycles. The summed E-state index contributed by atoms with van der Waals surface area (Å²) in [6.07, 6.45) is -2.41. The van der Waals surface area contributed by atoms with E-state index in [9.17, 15) is 22.4 Å². The van der Waals surface area contributed by atoms with Crippen LogP contribution in [-0.4, -0.2) is 58.6 Å². The van der Waals surface area contributed by atoms with Crippen molar-refractivity contribution in [3.63, 3.8) is 0 Å². The van der Waals surface area contributed by atoms with Crippen LogP contribution in [0.1, 0.15) is 42.7 Å². The molecule has 35 heavy (non-hydrogen) atoms. The second-order valence-electron chi connectivity index (χ2n) is 10.1. The molecular formula is C27H31F4N3O. The molecule has 2 heterocycles. The van der Waals surface area contributed by atoms with Gasteiger partial charge in [-0.15, -0.1) is 0 Å². The molecule has 1 fully saturated rings. The van der Waals surface area contributed by atoms with Crippen LogP contribution in [0.5, 0.6) is 0 Å². The first-order valence-electron chi connectivity index (χ1n) is 11.9. The van der Waals surface area contributed by atoms with Crippen LogP contribution in [0, 0.1) is 11.7 Å². The summed E-state index contributed by atoms with van der Waals surface area (Å²) in [5, 5.41) is 0.789. The van der Waals surface area contributed by atoms with Crippen molar-refractivity contribution in [2.75, 3.05) is 26.2 Å². The third-order valence-corrected chi connectivity index (χ3v) is 6.89. The number of para-hydroxylation sites is 1. The average molecular weight is 490 g/mol. The lowest BCUT2D eigenvalue weighted by atomic mass is 9.88. The highest BCUT2D eigenvalue weighted by molar-refractivity contribution is 5.98. The van der Waals surface area contributed by atoms with Crippen LogP contribution in [0.15, 0.2) is 54.6 Å². The number of H-pyrrole nitrogens is 1. The van der Waals surface area contributed by atoms with Gasteiger partial charge in [0.25, 0.3) is 5.91 Å².